The first-order chi connectivity index (χ1) is 10.0. The Morgan fingerprint density at radius 2 is 2.05 bits per heavy atom. The van der Waals surface area contributed by atoms with E-state index in [-0.39, 0.29) is 17.7 Å². The summed E-state index contributed by atoms with van der Waals surface area (Å²) in [5.74, 6) is 0.215. The molecule has 0 radical (unpaired) electrons. The second-order valence-electron chi connectivity index (χ2n) is 5.82. The third-order valence-electron chi connectivity index (χ3n) is 4.16. The molecule has 2 rings (SSSR count). The van der Waals surface area contributed by atoms with Crippen LogP contribution in [0.1, 0.15) is 54.9 Å². The molecular formula is C17H22BrNO2. The third kappa shape index (κ3) is 3.94. The number of hydrogen-bond donors (Lipinski definition) is 0. The van der Waals surface area contributed by atoms with Crippen LogP contribution in [0.25, 0.3) is 0 Å². The predicted molar refractivity (Wildman–Crippen MR) is 87.5 cm³/mol. The lowest BCUT2D eigenvalue weighted by Crippen LogP contribution is -2.41. The zero-order valence-corrected chi connectivity index (χ0v) is 14.3. The molecule has 1 aliphatic rings. The van der Waals surface area contributed by atoms with Crippen LogP contribution in [0.15, 0.2) is 22.7 Å². The first kappa shape index (κ1) is 16.2. The molecular weight excluding hydrogens is 330 g/mol. The highest BCUT2D eigenvalue weighted by molar-refractivity contribution is 9.10. The van der Waals surface area contributed by atoms with Crippen LogP contribution in [0.3, 0.4) is 0 Å². The second-order valence-corrected chi connectivity index (χ2v) is 6.67. The van der Waals surface area contributed by atoms with Gasteiger partial charge >= 0.3 is 0 Å². The third-order valence-corrected chi connectivity index (χ3v) is 5.02. The summed E-state index contributed by atoms with van der Waals surface area (Å²) in [6, 6.07) is 5.76. The Bertz CT molecular complexity index is 542. The average Bonchev–Trinajstić information content (AvgIpc) is 2.66. The van der Waals surface area contributed by atoms with E-state index in [1.807, 2.05) is 30.0 Å². The first-order valence-corrected chi connectivity index (χ1v) is 8.35. The Labute approximate surface area is 134 Å². The van der Waals surface area contributed by atoms with E-state index in [9.17, 15) is 9.59 Å². The van der Waals surface area contributed by atoms with Gasteiger partial charge in [0.1, 0.15) is 5.78 Å². The highest BCUT2D eigenvalue weighted by Gasteiger charge is 2.28. The summed E-state index contributed by atoms with van der Waals surface area (Å²) in [5.41, 5.74) is 1.70. The topological polar surface area (TPSA) is 37.4 Å². The van der Waals surface area contributed by atoms with Crippen LogP contribution in [0.4, 0.5) is 0 Å². The van der Waals surface area contributed by atoms with E-state index < -0.39 is 0 Å². The summed E-state index contributed by atoms with van der Waals surface area (Å²) in [5, 5.41) is 0. The molecule has 114 valence electrons. The Hall–Kier alpha value is -1.16. The number of rotatable bonds is 3. The summed E-state index contributed by atoms with van der Waals surface area (Å²) >= 11 is 3.48. The minimum Gasteiger partial charge on any atom is -0.335 e. The van der Waals surface area contributed by atoms with Gasteiger partial charge in [0.25, 0.3) is 5.91 Å². The molecule has 3 nitrogen and oxygen atoms in total. The molecule has 4 heteroatoms. The van der Waals surface area contributed by atoms with Crippen molar-refractivity contribution in [3.63, 3.8) is 0 Å². The van der Waals surface area contributed by atoms with E-state index in [4.69, 9.17) is 0 Å². The van der Waals surface area contributed by atoms with Crippen LogP contribution in [-0.2, 0) is 4.79 Å². The van der Waals surface area contributed by atoms with Gasteiger partial charge in [0.05, 0.1) is 0 Å². The van der Waals surface area contributed by atoms with Crippen molar-refractivity contribution in [2.45, 2.75) is 52.0 Å². The molecule has 0 aliphatic carbocycles. The minimum absolute atomic E-state index is 0.0517. The lowest BCUT2D eigenvalue weighted by Gasteiger charge is -2.30. The molecule has 1 fully saturated rings. The van der Waals surface area contributed by atoms with Crippen molar-refractivity contribution in [1.29, 1.82) is 0 Å². The number of Topliss-reactive ketones (excluding diaryl/α,β-unsaturated/α-hetero) is 1. The fourth-order valence-electron chi connectivity index (χ4n) is 2.98. The Balaban J connectivity index is 2.28. The summed E-state index contributed by atoms with van der Waals surface area (Å²) in [6.45, 7) is 4.32. The number of ketones is 1. The van der Waals surface area contributed by atoms with Crippen LogP contribution in [-0.4, -0.2) is 29.2 Å². The molecule has 0 spiro atoms. The summed E-state index contributed by atoms with van der Waals surface area (Å²) in [4.78, 5) is 26.3. The molecule has 1 saturated heterocycles. The fraction of sp³-hybridized carbons (Fsp3) is 0.529. The van der Waals surface area contributed by atoms with Crippen molar-refractivity contribution in [3.8, 4) is 0 Å². The van der Waals surface area contributed by atoms with Crippen molar-refractivity contribution in [1.82, 2.24) is 4.90 Å². The van der Waals surface area contributed by atoms with Gasteiger partial charge in [-0.15, -0.1) is 0 Å². The maximum absolute atomic E-state index is 12.9. The number of likely N-dealkylation sites (tertiary alicyclic amines) is 1. The van der Waals surface area contributed by atoms with E-state index in [1.165, 1.54) is 0 Å². The predicted octanol–water partition coefficient (Wildman–Crippen LogP) is 4.12. The van der Waals surface area contributed by atoms with E-state index in [0.717, 1.165) is 47.8 Å². The molecule has 21 heavy (non-hydrogen) atoms. The number of benzene rings is 1. The normalized spacial score (nSPS) is 19.2. The van der Waals surface area contributed by atoms with Crippen LogP contribution in [0.2, 0.25) is 0 Å². The first-order valence-electron chi connectivity index (χ1n) is 7.56. The second kappa shape index (κ2) is 7.21. The monoisotopic (exact) mass is 351 g/mol. The number of amides is 1. The number of hydrogen-bond acceptors (Lipinski definition) is 2. The fourth-order valence-corrected chi connectivity index (χ4v) is 3.35. The van der Waals surface area contributed by atoms with Gasteiger partial charge in [-0.05, 0) is 44.4 Å². The summed E-state index contributed by atoms with van der Waals surface area (Å²) in [6.07, 6.45) is 4.65. The Morgan fingerprint density at radius 3 is 2.76 bits per heavy atom. The minimum atomic E-state index is 0.0517. The maximum atomic E-state index is 12.9. The van der Waals surface area contributed by atoms with Crippen molar-refractivity contribution in [2.75, 3.05) is 6.54 Å². The number of halogens is 1. The molecule has 0 saturated carbocycles. The maximum Gasteiger partial charge on any atom is 0.254 e. The molecule has 1 heterocycles. The number of carbonyl (C=O) groups is 2. The highest BCUT2D eigenvalue weighted by atomic mass is 79.9. The number of nitrogens with zero attached hydrogens (tertiary/aromatic N) is 1. The lowest BCUT2D eigenvalue weighted by atomic mass is 10.0. The van der Waals surface area contributed by atoms with Crippen molar-refractivity contribution < 1.29 is 9.59 Å². The van der Waals surface area contributed by atoms with Gasteiger partial charge in [0.2, 0.25) is 0 Å². The van der Waals surface area contributed by atoms with E-state index in [0.29, 0.717) is 6.42 Å². The molecule has 0 bridgehead atoms. The van der Waals surface area contributed by atoms with Crippen molar-refractivity contribution in [2.24, 2.45) is 0 Å². The van der Waals surface area contributed by atoms with E-state index >= 15 is 0 Å². The SMILES string of the molecule is CC(=O)CC1CCCCCN1C(=O)c1cccc(Br)c1C. The molecule has 1 amide bonds. The van der Waals surface area contributed by atoms with Gasteiger partial charge in [-0.1, -0.05) is 34.8 Å². The summed E-state index contributed by atoms with van der Waals surface area (Å²) in [7, 11) is 0. The van der Waals surface area contributed by atoms with Gasteiger partial charge in [-0.2, -0.15) is 0 Å². The largest absolute Gasteiger partial charge is 0.335 e. The van der Waals surface area contributed by atoms with E-state index in [2.05, 4.69) is 15.9 Å². The van der Waals surface area contributed by atoms with Crippen LogP contribution >= 0.6 is 15.9 Å². The average molecular weight is 352 g/mol. The van der Waals surface area contributed by atoms with Crippen LogP contribution in [0.5, 0.6) is 0 Å². The lowest BCUT2D eigenvalue weighted by molar-refractivity contribution is -0.118. The highest BCUT2D eigenvalue weighted by Crippen LogP contribution is 2.25. The quantitative estimate of drug-likeness (QED) is 0.821. The van der Waals surface area contributed by atoms with Gasteiger partial charge in [-0.3, -0.25) is 9.59 Å². The van der Waals surface area contributed by atoms with Gasteiger partial charge in [-0.25, -0.2) is 0 Å². The number of carbonyl (C=O) groups excluding carboxylic acids is 2. The van der Waals surface area contributed by atoms with Crippen LogP contribution in [0, 0.1) is 6.92 Å². The molecule has 1 aliphatic heterocycles. The van der Waals surface area contributed by atoms with Gasteiger partial charge in [0, 0.05) is 29.0 Å². The molecule has 0 N–H and O–H groups in total. The van der Waals surface area contributed by atoms with Crippen molar-refractivity contribution in [3.05, 3.63) is 33.8 Å². The smallest absolute Gasteiger partial charge is 0.254 e. The Kier molecular flexibility index (Phi) is 5.57. The van der Waals surface area contributed by atoms with Crippen LogP contribution < -0.4 is 0 Å². The van der Waals surface area contributed by atoms with Crippen molar-refractivity contribution >= 4 is 27.6 Å². The molecule has 1 unspecified atom stereocenters. The Morgan fingerprint density at radius 1 is 1.29 bits per heavy atom. The van der Waals surface area contributed by atoms with Gasteiger partial charge < -0.3 is 4.90 Å². The zero-order chi connectivity index (χ0) is 15.4. The van der Waals surface area contributed by atoms with E-state index in [1.54, 1.807) is 6.92 Å². The van der Waals surface area contributed by atoms with Gasteiger partial charge in [0.15, 0.2) is 0 Å². The molecule has 0 aromatic heterocycles. The molecule has 1 atom stereocenters. The molecule has 1 aromatic carbocycles. The molecule has 1 aromatic rings. The zero-order valence-electron chi connectivity index (χ0n) is 12.7. The standard InChI is InChI=1S/C17H22BrNO2/c1-12(20)11-14-7-4-3-5-10-19(14)17(21)15-8-6-9-16(18)13(15)2/h6,8-9,14H,3-5,7,10-11H2,1-2H3. The summed E-state index contributed by atoms with van der Waals surface area (Å²) < 4.78 is 0.950.